The van der Waals surface area contributed by atoms with Gasteiger partial charge >= 0.3 is 0 Å². The Balaban J connectivity index is 1.77. The van der Waals surface area contributed by atoms with Crippen molar-refractivity contribution in [1.82, 2.24) is 0 Å². The third-order valence-electron chi connectivity index (χ3n) is 7.95. The lowest BCUT2D eigenvalue weighted by atomic mass is 9.80. The summed E-state index contributed by atoms with van der Waals surface area (Å²) in [6, 6.07) is 45.2. The zero-order valence-corrected chi connectivity index (χ0v) is 24.0. The molecule has 0 aliphatic heterocycles. The Morgan fingerprint density at radius 2 is 0.425 bits per heavy atom. The van der Waals surface area contributed by atoms with Crippen LogP contribution in [0.4, 0.5) is 0 Å². The molecule has 0 saturated carbocycles. The fourth-order valence-corrected chi connectivity index (χ4v) is 5.67. The molecule has 6 rings (SSSR count). The summed E-state index contributed by atoms with van der Waals surface area (Å²) in [5.74, 6) is 1.29. The lowest BCUT2D eigenvalue weighted by Crippen LogP contribution is -2.04. The summed E-state index contributed by atoms with van der Waals surface area (Å²) in [7, 11) is 0. The first-order chi connectivity index (χ1) is 19.4. The predicted octanol–water partition coefficient (Wildman–Crippen LogP) is 10.4. The Labute approximate surface area is 239 Å². The van der Waals surface area contributed by atoms with E-state index in [2.05, 4.69) is 156 Å². The van der Waals surface area contributed by atoms with Crippen LogP contribution in [-0.2, 0) is 0 Å². The fraction of sp³-hybridized carbons (Fsp3) is 0.125. The van der Waals surface area contributed by atoms with Crippen molar-refractivity contribution in [2.24, 2.45) is 0 Å². The average Bonchev–Trinajstić information content (AvgIpc) is 3.31. The van der Waals surface area contributed by atoms with E-state index in [-0.39, 0.29) is 0 Å². The van der Waals surface area contributed by atoms with Gasteiger partial charge in [-0.05, 0) is 84.7 Å². The van der Waals surface area contributed by atoms with Gasteiger partial charge in [0.1, 0.15) is 0 Å². The minimum absolute atomic E-state index is 1.24. The SMILES string of the molecule is Cc1ccc([C]2C(c3ccc(C)cc3)=C(c3ccc(C)cc3)C(c3ccc(C)cc3)=C2c2ccc(C)cc2)cc1. The monoisotopic (exact) mass is 515 g/mol. The van der Waals surface area contributed by atoms with Crippen molar-refractivity contribution in [2.45, 2.75) is 34.6 Å². The van der Waals surface area contributed by atoms with Crippen molar-refractivity contribution in [3.05, 3.63) is 183 Å². The standard InChI is InChI=1S/C40H35/c1-26-6-16-31(17-7-26)36-37(32-18-8-27(2)9-19-32)39(34-22-12-29(4)13-23-34)40(35-24-14-30(5)15-25-35)38(36)33-20-10-28(3)11-21-33/h6-25H,1-5H3. The van der Waals surface area contributed by atoms with Crippen LogP contribution in [0.5, 0.6) is 0 Å². The minimum atomic E-state index is 1.24. The number of hydrogen-bond donors (Lipinski definition) is 0. The summed E-state index contributed by atoms with van der Waals surface area (Å²) in [5.41, 5.74) is 17.7. The summed E-state index contributed by atoms with van der Waals surface area (Å²) in [6.45, 7) is 10.8. The summed E-state index contributed by atoms with van der Waals surface area (Å²) in [5, 5.41) is 0. The van der Waals surface area contributed by atoms with Gasteiger partial charge in [0.2, 0.25) is 0 Å². The van der Waals surface area contributed by atoms with Crippen LogP contribution in [0, 0.1) is 40.5 Å². The van der Waals surface area contributed by atoms with E-state index in [1.807, 2.05) is 0 Å². The highest BCUT2D eigenvalue weighted by Gasteiger charge is 2.38. The lowest BCUT2D eigenvalue weighted by Gasteiger charge is -2.21. The van der Waals surface area contributed by atoms with Crippen molar-refractivity contribution in [1.29, 1.82) is 0 Å². The zero-order chi connectivity index (χ0) is 27.8. The number of rotatable bonds is 5. The Morgan fingerprint density at radius 1 is 0.225 bits per heavy atom. The van der Waals surface area contributed by atoms with E-state index in [1.165, 1.54) is 83.8 Å². The molecular weight excluding hydrogens is 480 g/mol. The molecule has 5 aromatic rings. The molecule has 0 nitrogen and oxygen atoms in total. The molecule has 1 aliphatic rings. The largest absolute Gasteiger partial charge is 0.0654 e. The van der Waals surface area contributed by atoms with Gasteiger partial charge in [0.25, 0.3) is 0 Å². The zero-order valence-electron chi connectivity index (χ0n) is 24.0. The Morgan fingerprint density at radius 3 is 0.675 bits per heavy atom. The molecule has 0 heterocycles. The summed E-state index contributed by atoms with van der Waals surface area (Å²) in [4.78, 5) is 0. The second-order valence-corrected chi connectivity index (χ2v) is 11.2. The van der Waals surface area contributed by atoms with E-state index >= 15 is 0 Å². The maximum atomic E-state index is 2.29. The molecule has 0 N–H and O–H groups in total. The van der Waals surface area contributed by atoms with E-state index in [9.17, 15) is 0 Å². The molecule has 0 amide bonds. The van der Waals surface area contributed by atoms with E-state index in [4.69, 9.17) is 0 Å². The van der Waals surface area contributed by atoms with Crippen LogP contribution < -0.4 is 0 Å². The molecule has 0 spiro atoms. The smallest absolute Gasteiger partial charge is 0.0590 e. The molecule has 0 heteroatoms. The summed E-state index contributed by atoms with van der Waals surface area (Å²) in [6.07, 6.45) is 0. The number of benzene rings is 5. The van der Waals surface area contributed by atoms with Crippen molar-refractivity contribution >= 4 is 22.3 Å². The second-order valence-electron chi connectivity index (χ2n) is 11.2. The van der Waals surface area contributed by atoms with Gasteiger partial charge in [-0.15, -0.1) is 0 Å². The van der Waals surface area contributed by atoms with Gasteiger partial charge in [-0.1, -0.05) is 149 Å². The molecule has 0 aromatic heterocycles. The van der Waals surface area contributed by atoms with Crippen LogP contribution in [0.15, 0.2) is 121 Å². The first-order valence-electron chi connectivity index (χ1n) is 14.1. The van der Waals surface area contributed by atoms with Crippen LogP contribution in [0.1, 0.15) is 55.6 Å². The second kappa shape index (κ2) is 10.6. The Hall–Kier alpha value is -4.42. The molecule has 1 aliphatic carbocycles. The van der Waals surface area contributed by atoms with Gasteiger partial charge in [0.15, 0.2) is 0 Å². The lowest BCUT2D eigenvalue weighted by molar-refractivity contribution is 1.34. The molecule has 5 aromatic carbocycles. The van der Waals surface area contributed by atoms with Gasteiger partial charge in [-0.25, -0.2) is 0 Å². The maximum Gasteiger partial charge on any atom is 0.0654 e. The topological polar surface area (TPSA) is 0 Å². The molecule has 0 atom stereocenters. The highest BCUT2D eigenvalue weighted by molar-refractivity contribution is 6.34. The third kappa shape index (κ3) is 4.87. The van der Waals surface area contributed by atoms with Crippen LogP contribution in [0.2, 0.25) is 0 Å². The highest BCUT2D eigenvalue weighted by Crippen LogP contribution is 2.58. The van der Waals surface area contributed by atoms with Crippen LogP contribution in [-0.4, -0.2) is 0 Å². The maximum absolute atomic E-state index is 2.29. The van der Waals surface area contributed by atoms with Crippen molar-refractivity contribution in [3.63, 3.8) is 0 Å². The molecule has 0 fully saturated rings. The van der Waals surface area contributed by atoms with Crippen LogP contribution in [0.25, 0.3) is 22.3 Å². The van der Waals surface area contributed by atoms with Crippen LogP contribution >= 0.6 is 0 Å². The first-order valence-corrected chi connectivity index (χ1v) is 14.1. The number of allylic oxidation sites excluding steroid dienone is 4. The van der Waals surface area contributed by atoms with Gasteiger partial charge in [0, 0.05) is 0 Å². The van der Waals surface area contributed by atoms with E-state index in [1.54, 1.807) is 0 Å². The number of hydrogen-bond acceptors (Lipinski definition) is 0. The molecule has 0 unspecified atom stereocenters. The van der Waals surface area contributed by atoms with E-state index in [0.29, 0.717) is 0 Å². The predicted molar refractivity (Wildman–Crippen MR) is 172 cm³/mol. The van der Waals surface area contributed by atoms with Gasteiger partial charge < -0.3 is 0 Å². The number of aryl methyl sites for hydroxylation is 5. The third-order valence-corrected chi connectivity index (χ3v) is 7.95. The van der Waals surface area contributed by atoms with Gasteiger partial charge in [-0.3, -0.25) is 0 Å². The quantitative estimate of drug-likeness (QED) is 0.218. The van der Waals surface area contributed by atoms with Crippen molar-refractivity contribution in [2.75, 3.05) is 0 Å². The summed E-state index contributed by atoms with van der Waals surface area (Å²) >= 11 is 0. The Kier molecular flexibility index (Phi) is 6.86. The molecular formula is C40H35. The highest BCUT2D eigenvalue weighted by atomic mass is 14.4. The first kappa shape index (κ1) is 25.8. The average molecular weight is 516 g/mol. The molecule has 195 valence electrons. The molecule has 1 radical (unpaired) electrons. The van der Waals surface area contributed by atoms with Crippen molar-refractivity contribution in [3.8, 4) is 0 Å². The molecule has 40 heavy (non-hydrogen) atoms. The van der Waals surface area contributed by atoms with Gasteiger partial charge in [0.05, 0.1) is 5.92 Å². The normalized spacial score (nSPS) is 13.8. The van der Waals surface area contributed by atoms with Gasteiger partial charge in [-0.2, -0.15) is 0 Å². The Bertz CT molecular complexity index is 1600. The molecule has 0 bridgehead atoms. The molecule has 0 saturated heterocycles. The van der Waals surface area contributed by atoms with E-state index < -0.39 is 0 Å². The van der Waals surface area contributed by atoms with Crippen molar-refractivity contribution < 1.29 is 0 Å². The van der Waals surface area contributed by atoms with Crippen LogP contribution in [0.3, 0.4) is 0 Å². The van der Waals surface area contributed by atoms with E-state index in [0.717, 1.165) is 0 Å². The minimum Gasteiger partial charge on any atom is -0.0590 e. The fourth-order valence-electron chi connectivity index (χ4n) is 5.67. The summed E-state index contributed by atoms with van der Waals surface area (Å²) < 4.78 is 0.